The average Bonchev–Trinajstić information content (AvgIpc) is 2.81. The highest BCUT2D eigenvalue weighted by Crippen LogP contribution is 2.30. The predicted octanol–water partition coefficient (Wildman–Crippen LogP) is 4.58. The van der Waals surface area contributed by atoms with E-state index in [2.05, 4.69) is 49.0 Å². The number of rotatable bonds is 8. The lowest BCUT2D eigenvalue weighted by atomic mass is 9.92. The fourth-order valence-corrected chi connectivity index (χ4v) is 3.09. The maximum absolute atomic E-state index is 6.04. The van der Waals surface area contributed by atoms with Crippen LogP contribution in [-0.2, 0) is 7.05 Å². The smallest absolute Gasteiger partial charge is 0.0480 e. The normalized spacial score (nSPS) is 12.9. The summed E-state index contributed by atoms with van der Waals surface area (Å²) >= 11 is 0. The number of fused-ring (bicyclic) bond motifs is 1. The van der Waals surface area contributed by atoms with Crippen LogP contribution in [0.5, 0.6) is 0 Å². The van der Waals surface area contributed by atoms with Crippen molar-refractivity contribution < 1.29 is 0 Å². The molecule has 0 aliphatic rings. The fraction of sp³-hybridized carbons (Fsp3) is 0.556. The molecule has 0 radical (unpaired) electrons. The molecule has 0 saturated heterocycles. The second-order valence-electron chi connectivity index (χ2n) is 5.85. The summed E-state index contributed by atoms with van der Waals surface area (Å²) in [6.07, 6.45) is 10.2. The standard InChI is InChI=1S/C18H28N2/c1-3-4-5-6-7-10-15(13-19)17-14-20(2)18-12-9-8-11-16(17)18/h8-9,11-12,14-15H,3-7,10,13,19H2,1-2H3. The van der Waals surface area contributed by atoms with E-state index in [1.165, 1.54) is 55.0 Å². The van der Waals surface area contributed by atoms with Crippen LogP contribution in [0.3, 0.4) is 0 Å². The van der Waals surface area contributed by atoms with Crippen LogP contribution < -0.4 is 5.73 Å². The van der Waals surface area contributed by atoms with Gasteiger partial charge >= 0.3 is 0 Å². The summed E-state index contributed by atoms with van der Waals surface area (Å²) in [5.74, 6) is 0.503. The first kappa shape index (κ1) is 15.1. The summed E-state index contributed by atoms with van der Waals surface area (Å²) in [5.41, 5.74) is 8.78. The molecule has 0 fully saturated rings. The van der Waals surface area contributed by atoms with E-state index in [4.69, 9.17) is 5.73 Å². The van der Waals surface area contributed by atoms with Crippen LogP contribution in [0.4, 0.5) is 0 Å². The number of hydrogen-bond acceptors (Lipinski definition) is 1. The SMILES string of the molecule is CCCCCCCC(CN)c1cn(C)c2ccccc12. The van der Waals surface area contributed by atoms with Crippen LogP contribution in [0, 0.1) is 0 Å². The molecule has 0 bridgehead atoms. The van der Waals surface area contributed by atoms with Gasteiger partial charge in [-0.1, -0.05) is 57.2 Å². The van der Waals surface area contributed by atoms with Crippen molar-refractivity contribution in [1.29, 1.82) is 0 Å². The minimum atomic E-state index is 0.503. The average molecular weight is 272 g/mol. The van der Waals surface area contributed by atoms with Gasteiger partial charge in [0.25, 0.3) is 0 Å². The Hall–Kier alpha value is -1.28. The topological polar surface area (TPSA) is 30.9 Å². The molecule has 1 aromatic carbocycles. The van der Waals surface area contributed by atoms with Gasteiger partial charge in [0.1, 0.15) is 0 Å². The Morgan fingerprint density at radius 3 is 2.60 bits per heavy atom. The van der Waals surface area contributed by atoms with Gasteiger partial charge in [-0.25, -0.2) is 0 Å². The van der Waals surface area contributed by atoms with Crippen molar-refractivity contribution in [3.8, 4) is 0 Å². The van der Waals surface area contributed by atoms with Crippen molar-refractivity contribution >= 4 is 10.9 Å². The largest absolute Gasteiger partial charge is 0.350 e. The third-order valence-electron chi connectivity index (χ3n) is 4.31. The minimum Gasteiger partial charge on any atom is -0.350 e. The van der Waals surface area contributed by atoms with Crippen molar-refractivity contribution in [2.24, 2.45) is 12.8 Å². The van der Waals surface area contributed by atoms with Gasteiger partial charge in [-0.2, -0.15) is 0 Å². The molecule has 1 heterocycles. The molecule has 0 spiro atoms. The molecule has 2 N–H and O–H groups in total. The molecular weight excluding hydrogens is 244 g/mol. The second-order valence-corrected chi connectivity index (χ2v) is 5.85. The van der Waals surface area contributed by atoms with Crippen LogP contribution >= 0.6 is 0 Å². The van der Waals surface area contributed by atoms with Crippen LogP contribution in [0.2, 0.25) is 0 Å². The van der Waals surface area contributed by atoms with Gasteiger partial charge in [-0.3, -0.25) is 0 Å². The first-order chi connectivity index (χ1) is 9.77. The first-order valence-electron chi connectivity index (χ1n) is 8.02. The Morgan fingerprint density at radius 2 is 1.85 bits per heavy atom. The van der Waals surface area contributed by atoms with E-state index in [1.54, 1.807) is 0 Å². The Bertz CT molecular complexity index is 527. The number of unbranched alkanes of at least 4 members (excludes halogenated alkanes) is 4. The van der Waals surface area contributed by atoms with E-state index in [-0.39, 0.29) is 0 Å². The van der Waals surface area contributed by atoms with Crippen molar-refractivity contribution in [3.63, 3.8) is 0 Å². The van der Waals surface area contributed by atoms with E-state index in [0.717, 1.165) is 6.54 Å². The highest BCUT2D eigenvalue weighted by Gasteiger charge is 2.15. The lowest BCUT2D eigenvalue weighted by Crippen LogP contribution is -2.12. The van der Waals surface area contributed by atoms with E-state index >= 15 is 0 Å². The van der Waals surface area contributed by atoms with Crippen molar-refractivity contribution in [2.45, 2.75) is 51.4 Å². The zero-order valence-corrected chi connectivity index (χ0v) is 12.9. The van der Waals surface area contributed by atoms with Crippen molar-refractivity contribution in [3.05, 3.63) is 36.0 Å². The van der Waals surface area contributed by atoms with Gasteiger partial charge in [-0.05, 0) is 30.5 Å². The maximum Gasteiger partial charge on any atom is 0.0480 e. The van der Waals surface area contributed by atoms with E-state index < -0.39 is 0 Å². The molecule has 110 valence electrons. The van der Waals surface area contributed by atoms with Gasteiger partial charge in [-0.15, -0.1) is 0 Å². The molecule has 0 saturated carbocycles. The number of nitrogens with zero attached hydrogens (tertiary/aromatic N) is 1. The molecule has 2 aromatic rings. The fourth-order valence-electron chi connectivity index (χ4n) is 3.09. The summed E-state index contributed by atoms with van der Waals surface area (Å²) in [5, 5.41) is 1.37. The number of aryl methyl sites for hydroxylation is 1. The minimum absolute atomic E-state index is 0.503. The summed E-state index contributed by atoms with van der Waals surface area (Å²) in [6, 6.07) is 8.65. The van der Waals surface area contributed by atoms with Crippen LogP contribution in [0.1, 0.15) is 56.9 Å². The van der Waals surface area contributed by atoms with Crippen LogP contribution in [0.25, 0.3) is 10.9 Å². The third-order valence-corrected chi connectivity index (χ3v) is 4.31. The number of benzene rings is 1. The summed E-state index contributed by atoms with van der Waals surface area (Å²) < 4.78 is 2.23. The van der Waals surface area contributed by atoms with E-state index in [9.17, 15) is 0 Å². The van der Waals surface area contributed by atoms with E-state index in [1.807, 2.05) is 0 Å². The molecule has 0 aliphatic carbocycles. The van der Waals surface area contributed by atoms with Gasteiger partial charge in [0.2, 0.25) is 0 Å². The highest BCUT2D eigenvalue weighted by atomic mass is 14.9. The van der Waals surface area contributed by atoms with Gasteiger partial charge in [0.05, 0.1) is 0 Å². The maximum atomic E-state index is 6.04. The molecule has 0 aliphatic heterocycles. The summed E-state index contributed by atoms with van der Waals surface area (Å²) in [6.45, 7) is 3.01. The lowest BCUT2D eigenvalue weighted by Gasteiger charge is -2.14. The van der Waals surface area contributed by atoms with Crippen LogP contribution in [0.15, 0.2) is 30.5 Å². The molecule has 0 amide bonds. The lowest BCUT2D eigenvalue weighted by molar-refractivity contribution is 0.550. The van der Waals surface area contributed by atoms with Gasteiger partial charge < -0.3 is 10.3 Å². The van der Waals surface area contributed by atoms with Crippen molar-refractivity contribution in [1.82, 2.24) is 4.57 Å². The molecular formula is C18H28N2. The quantitative estimate of drug-likeness (QED) is 0.701. The monoisotopic (exact) mass is 272 g/mol. The molecule has 1 unspecified atom stereocenters. The molecule has 2 nitrogen and oxygen atoms in total. The van der Waals surface area contributed by atoms with Gasteiger partial charge in [0.15, 0.2) is 0 Å². The Labute approximate surface area is 123 Å². The number of hydrogen-bond donors (Lipinski definition) is 1. The molecule has 2 heteroatoms. The Balaban J connectivity index is 2.06. The molecule has 20 heavy (non-hydrogen) atoms. The number of nitrogens with two attached hydrogens (primary N) is 1. The third kappa shape index (κ3) is 3.43. The van der Waals surface area contributed by atoms with Crippen molar-refractivity contribution in [2.75, 3.05) is 6.54 Å². The first-order valence-corrected chi connectivity index (χ1v) is 8.02. The summed E-state index contributed by atoms with van der Waals surface area (Å²) in [4.78, 5) is 0. The predicted molar refractivity (Wildman–Crippen MR) is 88.1 cm³/mol. The summed E-state index contributed by atoms with van der Waals surface area (Å²) in [7, 11) is 2.13. The van der Waals surface area contributed by atoms with E-state index in [0.29, 0.717) is 5.92 Å². The molecule has 2 rings (SSSR count). The zero-order valence-electron chi connectivity index (χ0n) is 12.9. The number of para-hydroxylation sites is 1. The van der Waals surface area contributed by atoms with Gasteiger partial charge in [0, 0.05) is 24.1 Å². The molecule has 1 atom stereocenters. The Morgan fingerprint density at radius 1 is 1.10 bits per heavy atom. The zero-order chi connectivity index (χ0) is 14.4. The highest BCUT2D eigenvalue weighted by molar-refractivity contribution is 5.84. The second kappa shape index (κ2) is 7.49. The molecule has 1 aromatic heterocycles. The van der Waals surface area contributed by atoms with Crippen LogP contribution in [-0.4, -0.2) is 11.1 Å². The number of aromatic nitrogens is 1. The Kier molecular flexibility index (Phi) is 5.66.